The van der Waals surface area contributed by atoms with Gasteiger partial charge < -0.3 is 4.74 Å². The zero-order valence-electron chi connectivity index (χ0n) is 21.7. The number of nitrogens with zero attached hydrogens (tertiary/aromatic N) is 1. The van der Waals surface area contributed by atoms with E-state index in [9.17, 15) is 22.8 Å². The Labute approximate surface area is 217 Å². The zero-order chi connectivity index (χ0) is 27.2. The largest absolute Gasteiger partial charge is 0.453 e. The number of ketones is 1. The molecular weight excluding hydrogens is 492 g/mol. The molecular formula is C28H32N2O6S. The number of fused-ring (bicyclic) bond motifs is 1. The standard InChI is InChI=1S/C28H32N2O6S/c1-18-11-13-21(14-12-18)37(34,35)30(17-20-9-7-6-8-10-20)24-19(2)23-27(3,4)16-15-22(31)28(23,24)25(32)29-26(33)36-5/h6-14,23H,15-17H2,1-5H3,(H,29,32,33)/t23-,28+/m0/s1. The van der Waals surface area contributed by atoms with Crippen molar-refractivity contribution in [3.8, 4) is 0 Å². The number of alkyl carbamates (subject to hydrolysis) is 1. The molecule has 0 aliphatic heterocycles. The normalized spacial score (nSPS) is 22.5. The van der Waals surface area contributed by atoms with Crippen molar-refractivity contribution in [2.75, 3.05) is 7.11 Å². The molecule has 196 valence electrons. The van der Waals surface area contributed by atoms with Gasteiger partial charge in [0.25, 0.3) is 10.0 Å². The van der Waals surface area contributed by atoms with E-state index in [1.165, 1.54) is 16.4 Å². The van der Waals surface area contributed by atoms with E-state index in [4.69, 9.17) is 0 Å². The quantitative estimate of drug-likeness (QED) is 0.563. The molecule has 2 atom stereocenters. The Morgan fingerprint density at radius 1 is 1.05 bits per heavy atom. The molecule has 0 heterocycles. The van der Waals surface area contributed by atoms with Crippen LogP contribution in [0.1, 0.15) is 44.7 Å². The molecule has 1 fully saturated rings. The summed E-state index contributed by atoms with van der Waals surface area (Å²) in [5, 5.41) is 2.18. The number of amides is 2. The summed E-state index contributed by atoms with van der Waals surface area (Å²) in [6, 6.07) is 15.4. The van der Waals surface area contributed by atoms with Crippen LogP contribution in [-0.2, 0) is 30.9 Å². The molecule has 0 aromatic heterocycles. The molecule has 2 aromatic carbocycles. The maximum atomic E-state index is 14.2. The number of rotatable bonds is 6. The highest BCUT2D eigenvalue weighted by Crippen LogP contribution is 2.65. The molecule has 2 amide bonds. The van der Waals surface area contributed by atoms with Gasteiger partial charge in [0.1, 0.15) is 0 Å². The highest BCUT2D eigenvalue weighted by atomic mass is 32.2. The first kappa shape index (κ1) is 26.6. The average molecular weight is 525 g/mol. The lowest BCUT2D eigenvalue weighted by atomic mass is 9.44. The molecule has 0 radical (unpaired) electrons. The van der Waals surface area contributed by atoms with Crippen LogP contribution in [0, 0.1) is 23.7 Å². The van der Waals surface area contributed by atoms with Gasteiger partial charge in [-0.1, -0.05) is 61.9 Å². The van der Waals surface area contributed by atoms with Crippen molar-refractivity contribution in [1.82, 2.24) is 9.62 Å². The molecule has 8 nitrogen and oxygen atoms in total. The Morgan fingerprint density at radius 2 is 1.68 bits per heavy atom. The predicted molar refractivity (Wildman–Crippen MR) is 138 cm³/mol. The number of nitrogens with one attached hydrogen (secondary N) is 1. The number of imide groups is 1. The number of carbonyl (C=O) groups excluding carboxylic acids is 3. The van der Waals surface area contributed by atoms with Crippen LogP contribution in [0.3, 0.4) is 0 Å². The number of ether oxygens (including phenoxy) is 1. The Balaban J connectivity index is 1.96. The summed E-state index contributed by atoms with van der Waals surface area (Å²) in [7, 11) is -3.08. The third-order valence-electron chi connectivity index (χ3n) is 7.62. The van der Waals surface area contributed by atoms with Gasteiger partial charge in [0.05, 0.1) is 24.2 Å². The van der Waals surface area contributed by atoms with E-state index in [0.717, 1.165) is 12.7 Å². The van der Waals surface area contributed by atoms with E-state index in [1.807, 2.05) is 26.8 Å². The van der Waals surface area contributed by atoms with Crippen molar-refractivity contribution in [3.63, 3.8) is 0 Å². The Bertz CT molecular complexity index is 1380. The van der Waals surface area contributed by atoms with Crippen molar-refractivity contribution in [2.24, 2.45) is 16.7 Å². The van der Waals surface area contributed by atoms with Crippen LogP contribution in [0.25, 0.3) is 0 Å². The Hall–Kier alpha value is -3.46. The molecule has 2 aliphatic carbocycles. The smallest absolute Gasteiger partial charge is 0.413 e. The molecule has 2 aliphatic rings. The van der Waals surface area contributed by atoms with Gasteiger partial charge in [0.15, 0.2) is 11.2 Å². The van der Waals surface area contributed by atoms with Crippen molar-refractivity contribution in [3.05, 3.63) is 77.0 Å². The van der Waals surface area contributed by atoms with E-state index < -0.39 is 44.6 Å². The Morgan fingerprint density at radius 3 is 2.27 bits per heavy atom. The van der Waals surface area contributed by atoms with Gasteiger partial charge in [-0.15, -0.1) is 0 Å². The summed E-state index contributed by atoms with van der Waals surface area (Å²) in [5.74, 6) is -1.84. The molecule has 2 aromatic rings. The van der Waals surface area contributed by atoms with E-state index in [-0.39, 0.29) is 23.6 Å². The van der Waals surface area contributed by atoms with E-state index in [1.54, 1.807) is 43.3 Å². The van der Waals surface area contributed by atoms with Gasteiger partial charge in [-0.3, -0.25) is 19.2 Å². The average Bonchev–Trinajstić information content (AvgIpc) is 2.85. The zero-order valence-corrected chi connectivity index (χ0v) is 22.5. The lowest BCUT2D eigenvalue weighted by Gasteiger charge is -2.60. The molecule has 1 N–H and O–H groups in total. The summed E-state index contributed by atoms with van der Waals surface area (Å²) in [5.41, 5.74) is 0.0117. The molecule has 4 rings (SSSR count). The summed E-state index contributed by atoms with van der Waals surface area (Å²) in [6.07, 6.45) is -0.384. The minimum Gasteiger partial charge on any atom is -0.453 e. The third kappa shape index (κ3) is 4.25. The first-order valence-electron chi connectivity index (χ1n) is 12.1. The molecule has 9 heteroatoms. The van der Waals surface area contributed by atoms with Gasteiger partial charge in [-0.25, -0.2) is 13.2 Å². The second-order valence-electron chi connectivity index (χ2n) is 10.4. The number of benzene rings is 2. The first-order valence-corrected chi connectivity index (χ1v) is 13.6. The van der Waals surface area contributed by atoms with Crippen LogP contribution in [0.15, 0.2) is 70.8 Å². The Kier molecular flexibility index (Phi) is 6.79. The van der Waals surface area contributed by atoms with E-state index in [2.05, 4.69) is 10.1 Å². The maximum absolute atomic E-state index is 14.2. The third-order valence-corrected chi connectivity index (χ3v) is 9.38. The van der Waals surface area contributed by atoms with E-state index in [0.29, 0.717) is 17.6 Å². The molecule has 0 spiro atoms. The fourth-order valence-electron chi connectivity index (χ4n) is 5.95. The lowest BCUT2D eigenvalue weighted by Crippen LogP contribution is -2.67. The minimum atomic E-state index is -4.20. The van der Waals surface area contributed by atoms with Crippen LogP contribution in [0.4, 0.5) is 4.79 Å². The summed E-state index contributed by atoms with van der Waals surface area (Å²) >= 11 is 0. The second kappa shape index (κ2) is 9.45. The van der Waals surface area contributed by atoms with Gasteiger partial charge >= 0.3 is 6.09 Å². The van der Waals surface area contributed by atoms with Gasteiger partial charge in [-0.05, 0) is 49.0 Å². The fraction of sp³-hybridized carbons (Fsp3) is 0.393. The van der Waals surface area contributed by atoms with Crippen molar-refractivity contribution >= 4 is 27.8 Å². The van der Waals surface area contributed by atoms with Crippen LogP contribution in [0.2, 0.25) is 0 Å². The number of allylic oxidation sites excluding steroid dienone is 1. The first-order chi connectivity index (χ1) is 17.4. The molecule has 1 saturated carbocycles. The van der Waals surface area contributed by atoms with Crippen LogP contribution in [0.5, 0.6) is 0 Å². The summed E-state index contributed by atoms with van der Waals surface area (Å²) < 4.78 is 34.2. The van der Waals surface area contributed by atoms with Gasteiger partial charge in [0, 0.05) is 12.3 Å². The molecule has 0 unspecified atom stereocenters. The number of hydrogen-bond donors (Lipinski definition) is 1. The minimum absolute atomic E-state index is 0.0452. The maximum Gasteiger partial charge on any atom is 0.413 e. The predicted octanol–water partition coefficient (Wildman–Crippen LogP) is 4.35. The summed E-state index contributed by atoms with van der Waals surface area (Å²) in [6.45, 7) is 7.46. The van der Waals surface area contributed by atoms with Gasteiger partial charge in [-0.2, -0.15) is 0 Å². The summed E-state index contributed by atoms with van der Waals surface area (Å²) in [4.78, 5) is 39.6. The molecule has 0 bridgehead atoms. The lowest BCUT2D eigenvalue weighted by molar-refractivity contribution is -0.154. The number of methoxy groups -OCH3 is 1. The highest BCUT2D eigenvalue weighted by molar-refractivity contribution is 7.89. The van der Waals surface area contributed by atoms with Crippen molar-refractivity contribution < 1.29 is 27.5 Å². The number of sulfonamides is 1. The molecule has 37 heavy (non-hydrogen) atoms. The topological polar surface area (TPSA) is 110 Å². The van der Waals surface area contributed by atoms with Crippen LogP contribution >= 0.6 is 0 Å². The fourth-order valence-corrected chi connectivity index (χ4v) is 7.53. The number of carbonyl (C=O) groups is 3. The number of aryl methyl sites for hydroxylation is 1. The van der Waals surface area contributed by atoms with Gasteiger partial charge in [0.2, 0.25) is 5.91 Å². The second-order valence-corrected chi connectivity index (χ2v) is 12.3. The SMILES string of the molecule is COC(=O)NC(=O)[C@]12C(=O)CCC(C)(C)[C@@H]1C(C)=C2N(Cc1ccccc1)S(=O)(=O)c1ccc(C)cc1. The van der Waals surface area contributed by atoms with Crippen LogP contribution in [-0.4, -0.2) is 37.6 Å². The van der Waals surface area contributed by atoms with E-state index >= 15 is 0 Å². The highest BCUT2D eigenvalue weighted by Gasteiger charge is 2.70. The number of hydrogen-bond acceptors (Lipinski definition) is 6. The number of Topliss-reactive ketones (excluding diaryl/α,β-unsaturated/α-hetero) is 1. The monoisotopic (exact) mass is 524 g/mol. The van der Waals surface area contributed by atoms with Crippen molar-refractivity contribution in [1.29, 1.82) is 0 Å². The molecule has 0 saturated heterocycles. The van der Waals surface area contributed by atoms with Crippen molar-refractivity contribution in [2.45, 2.75) is 52.0 Å². The van der Waals surface area contributed by atoms with Crippen LogP contribution < -0.4 is 5.32 Å².